The number of amides is 1. The summed E-state index contributed by atoms with van der Waals surface area (Å²) in [6, 6.07) is 19.7. The molecule has 8 heteroatoms. The lowest BCUT2D eigenvalue weighted by Gasteiger charge is -2.33. The van der Waals surface area contributed by atoms with E-state index in [1.807, 2.05) is 60.7 Å². The van der Waals surface area contributed by atoms with Crippen molar-refractivity contribution >= 4 is 17.4 Å². The first-order valence-corrected chi connectivity index (χ1v) is 12.8. The second-order valence-electron chi connectivity index (χ2n) is 9.88. The van der Waals surface area contributed by atoms with E-state index in [1.54, 1.807) is 4.90 Å². The molecule has 0 saturated heterocycles. The summed E-state index contributed by atoms with van der Waals surface area (Å²) in [7, 11) is 0. The Balaban J connectivity index is 1.51. The van der Waals surface area contributed by atoms with E-state index in [4.69, 9.17) is 5.73 Å². The Hall–Kier alpha value is -3.81. The largest absolute Gasteiger partial charge is 0.383 e. The molecule has 2 aliphatic rings. The van der Waals surface area contributed by atoms with Gasteiger partial charge >= 0.3 is 5.69 Å². The van der Waals surface area contributed by atoms with E-state index in [0.717, 1.165) is 49.7 Å². The molecule has 1 heterocycles. The molecule has 8 nitrogen and oxygen atoms in total. The Bertz CT molecular complexity index is 1310. The number of aromatic nitrogens is 2. The molecule has 5 rings (SSSR count). The highest BCUT2D eigenvalue weighted by atomic mass is 16.2. The molecule has 3 N–H and O–H groups in total. The number of carbonyl (C=O) groups is 1. The number of rotatable bonds is 9. The van der Waals surface area contributed by atoms with Crippen LogP contribution in [0.25, 0.3) is 0 Å². The van der Waals surface area contributed by atoms with Crippen LogP contribution in [0.1, 0.15) is 49.7 Å². The van der Waals surface area contributed by atoms with Gasteiger partial charge in [-0.2, -0.15) is 0 Å². The van der Waals surface area contributed by atoms with Crippen LogP contribution in [0.2, 0.25) is 0 Å². The maximum absolute atomic E-state index is 13.7. The standard InChI is InChI=1S/C28H33N5O3/c29-26-25(27(35)30-28(36)32(26)18-21-11-5-2-6-12-21)31(17-20-9-3-1-4-10-20)19-24(34)33(23-15-16-23)22-13-7-8-14-22/h1-6,9-12,22-23H,7-8,13-19,29H2,(H,30,35,36). The van der Waals surface area contributed by atoms with Crippen molar-refractivity contribution in [2.75, 3.05) is 17.2 Å². The summed E-state index contributed by atoms with van der Waals surface area (Å²) in [5, 5.41) is 0. The number of benzene rings is 2. The molecular formula is C28H33N5O3. The summed E-state index contributed by atoms with van der Waals surface area (Å²) in [6.07, 6.45) is 6.42. The minimum Gasteiger partial charge on any atom is -0.383 e. The average Bonchev–Trinajstić information content (AvgIpc) is 3.55. The number of H-pyrrole nitrogens is 1. The molecule has 3 aromatic rings. The van der Waals surface area contributed by atoms with Crippen molar-refractivity contribution < 1.29 is 4.79 Å². The predicted molar refractivity (Wildman–Crippen MR) is 141 cm³/mol. The summed E-state index contributed by atoms with van der Waals surface area (Å²) in [6.45, 7) is 0.573. The molecule has 0 unspecified atom stereocenters. The van der Waals surface area contributed by atoms with Gasteiger partial charge in [0.05, 0.1) is 13.1 Å². The van der Waals surface area contributed by atoms with E-state index >= 15 is 0 Å². The summed E-state index contributed by atoms with van der Waals surface area (Å²) >= 11 is 0. The van der Waals surface area contributed by atoms with Gasteiger partial charge in [-0.1, -0.05) is 73.5 Å². The van der Waals surface area contributed by atoms with Crippen molar-refractivity contribution in [2.24, 2.45) is 0 Å². The maximum atomic E-state index is 13.7. The number of carbonyl (C=O) groups excluding carboxylic acids is 1. The first kappa shape index (κ1) is 23.9. The third-order valence-corrected chi connectivity index (χ3v) is 7.20. The summed E-state index contributed by atoms with van der Waals surface area (Å²) in [4.78, 5) is 45.8. The number of aromatic amines is 1. The summed E-state index contributed by atoms with van der Waals surface area (Å²) < 4.78 is 1.37. The van der Waals surface area contributed by atoms with E-state index in [-0.39, 0.29) is 36.5 Å². The lowest BCUT2D eigenvalue weighted by Crippen LogP contribution is -2.47. The fourth-order valence-corrected chi connectivity index (χ4v) is 5.31. The van der Waals surface area contributed by atoms with E-state index in [0.29, 0.717) is 12.6 Å². The van der Waals surface area contributed by atoms with Gasteiger partial charge < -0.3 is 15.5 Å². The van der Waals surface area contributed by atoms with Gasteiger partial charge in [0.15, 0.2) is 0 Å². The molecule has 2 saturated carbocycles. The molecule has 2 aromatic carbocycles. The van der Waals surface area contributed by atoms with E-state index in [9.17, 15) is 14.4 Å². The molecule has 0 spiro atoms. The van der Waals surface area contributed by atoms with Crippen molar-refractivity contribution in [3.05, 3.63) is 92.6 Å². The highest BCUT2D eigenvalue weighted by Crippen LogP contribution is 2.35. The SMILES string of the molecule is Nc1c(N(CC(=O)N(C2CCCC2)C2CC2)Cc2ccccc2)c(=O)[nH]c(=O)n1Cc1ccccc1. The van der Waals surface area contributed by atoms with E-state index in [2.05, 4.69) is 9.88 Å². The molecule has 1 amide bonds. The van der Waals surface area contributed by atoms with Crippen LogP contribution in [-0.2, 0) is 17.9 Å². The molecular weight excluding hydrogens is 454 g/mol. The molecule has 0 bridgehead atoms. The van der Waals surface area contributed by atoms with Crippen LogP contribution in [0.5, 0.6) is 0 Å². The van der Waals surface area contributed by atoms with Crippen LogP contribution < -0.4 is 21.9 Å². The fourth-order valence-electron chi connectivity index (χ4n) is 5.31. The fraction of sp³-hybridized carbons (Fsp3) is 0.393. The third kappa shape index (κ3) is 5.22. The normalized spacial score (nSPS) is 15.7. The highest BCUT2D eigenvalue weighted by Gasteiger charge is 2.39. The minimum absolute atomic E-state index is 0.0138. The second-order valence-corrected chi connectivity index (χ2v) is 9.88. The number of nitrogens with zero attached hydrogens (tertiary/aromatic N) is 3. The number of hydrogen-bond donors (Lipinski definition) is 2. The number of hydrogen-bond acceptors (Lipinski definition) is 5. The average molecular weight is 488 g/mol. The van der Waals surface area contributed by atoms with E-state index < -0.39 is 11.2 Å². The Labute approximate surface area is 210 Å². The molecule has 0 aliphatic heterocycles. The smallest absolute Gasteiger partial charge is 0.330 e. The molecule has 0 atom stereocenters. The van der Waals surface area contributed by atoms with Gasteiger partial charge in [0.1, 0.15) is 11.5 Å². The maximum Gasteiger partial charge on any atom is 0.330 e. The van der Waals surface area contributed by atoms with Crippen molar-refractivity contribution in [1.29, 1.82) is 0 Å². The van der Waals surface area contributed by atoms with Gasteiger partial charge in [-0.25, -0.2) is 4.79 Å². The van der Waals surface area contributed by atoms with Gasteiger partial charge in [0.25, 0.3) is 5.56 Å². The van der Waals surface area contributed by atoms with Crippen LogP contribution >= 0.6 is 0 Å². The molecule has 2 aliphatic carbocycles. The topological polar surface area (TPSA) is 104 Å². The first-order chi connectivity index (χ1) is 17.5. The van der Waals surface area contributed by atoms with Crippen molar-refractivity contribution in [1.82, 2.24) is 14.5 Å². The lowest BCUT2D eigenvalue weighted by atomic mass is 10.1. The minimum atomic E-state index is -0.579. The molecule has 36 heavy (non-hydrogen) atoms. The third-order valence-electron chi connectivity index (χ3n) is 7.20. The molecule has 188 valence electrons. The quantitative estimate of drug-likeness (QED) is 0.483. The van der Waals surface area contributed by atoms with Crippen molar-refractivity contribution in [2.45, 2.75) is 63.7 Å². The second kappa shape index (κ2) is 10.4. The highest BCUT2D eigenvalue weighted by molar-refractivity contribution is 5.83. The zero-order valence-corrected chi connectivity index (χ0v) is 20.4. The van der Waals surface area contributed by atoms with Crippen LogP contribution in [0.15, 0.2) is 70.3 Å². The number of nitrogens with one attached hydrogen (secondary N) is 1. The van der Waals surface area contributed by atoms with Crippen LogP contribution in [0.3, 0.4) is 0 Å². The van der Waals surface area contributed by atoms with Gasteiger partial charge in [-0.3, -0.25) is 19.1 Å². The van der Waals surface area contributed by atoms with Gasteiger partial charge in [0, 0.05) is 18.6 Å². The molecule has 2 fully saturated rings. The zero-order chi connectivity index (χ0) is 25.1. The van der Waals surface area contributed by atoms with Crippen molar-refractivity contribution in [3.8, 4) is 0 Å². The lowest BCUT2D eigenvalue weighted by molar-refractivity contribution is -0.132. The van der Waals surface area contributed by atoms with E-state index in [1.165, 1.54) is 4.57 Å². The van der Waals surface area contributed by atoms with Crippen LogP contribution in [-0.4, -0.2) is 39.0 Å². The van der Waals surface area contributed by atoms with Crippen LogP contribution in [0, 0.1) is 0 Å². The van der Waals surface area contributed by atoms with Gasteiger partial charge in [0.2, 0.25) is 5.91 Å². The monoisotopic (exact) mass is 487 g/mol. The number of nitrogen functional groups attached to an aromatic ring is 1. The number of anilines is 2. The van der Waals surface area contributed by atoms with Gasteiger partial charge in [-0.15, -0.1) is 0 Å². The van der Waals surface area contributed by atoms with Crippen LogP contribution in [0.4, 0.5) is 11.5 Å². The molecule has 1 aromatic heterocycles. The first-order valence-electron chi connectivity index (χ1n) is 12.8. The summed E-state index contributed by atoms with van der Waals surface area (Å²) in [5.41, 5.74) is 7.35. The Morgan fingerprint density at radius 1 is 0.889 bits per heavy atom. The van der Waals surface area contributed by atoms with Crippen molar-refractivity contribution in [3.63, 3.8) is 0 Å². The molecule has 0 radical (unpaired) electrons. The number of nitrogens with two attached hydrogens (primary N) is 1. The predicted octanol–water partition coefficient (Wildman–Crippen LogP) is 3.11. The summed E-state index contributed by atoms with van der Waals surface area (Å²) in [5.74, 6) is 0.0788. The Morgan fingerprint density at radius 2 is 1.47 bits per heavy atom. The Kier molecular flexibility index (Phi) is 6.93. The Morgan fingerprint density at radius 3 is 2.08 bits per heavy atom. The zero-order valence-electron chi connectivity index (χ0n) is 20.4. The van der Waals surface area contributed by atoms with Gasteiger partial charge in [-0.05, 0) is 36.8 Å².